The summed E-state index contributed by atoms with van der Waals surface area (Å²) in [7, 11) is 0. The molecule has 5 heteroatoms. The van der Waals surface area contributed by atoms with Crippen molar-refractivity contribution in [1.82, 2.24) is 4.90 Å². The highest BCUT2D eigenvalue weighted by atomic mass is 35.5. The third-order valence-electron chi connectivity index (χ3n) is 2.99. The lowest BCUT2D eigenvalue weighted by molar-refractivity contribution is 0.0782. The molecule has 1 fully saturated rings. The zero-order chi connectivity index (χ0) is 12.4. The summed E-state index contributed by atoms with van der Waals surface area (Å²) in [5, 5.41) is 9.14. The SMILES string of the molecule is O=C(c1ccc(F)cc1Cl)N1CC[C@H](CO)C1. The van der Waals surface area contributed by atoms with Crippen molar-refractivity contribution in [3.63, 3.8) is 0 Å². The fourth-order valence-corrected chi connectivity index (χ4v) is 2.25. The van der Waals surface area contributed by atoms with Crippen LogP contribution in [0.3, 0.4) is 0 Å². The number of carbonyl (C=O) groups is 1. The highest BCUT2D eigenvalue weighted by Crippen LogP contribution is 2.23. The summed E-state index contributed by atoms with van der Waals surface area (Å²) < 4.78 is 12.9. The Bertz CT molecular complexity index is 439. The molecule has 1 amide bonds. The quantitative estimate of drug-likeness (QED) is 0.880. The second-order valence-corrected chi connectivity index (χ2v) is 4.62. The number of rotatable bonds is 2. The van der Waals surface area contributed by atoms with Gasteiger partial charge in [-0.25, -0.2) is 4.39 Å². The van der Waals surface area contributed by atoms with Gasteiger partial charge in [0, 0.05) is 25.6 Å². The third kappa shape index (κ3) is 2.58. The Labute approximate surface area is 104 Å². The number of carbonyl (C=O) groups excluding carboxylic acids is 1. The fraction of sp³-hybridized carbons (Fsp3) is 0.417. The molecule has 3 nitrogen and oxygen atoms in total. The number of likely N-dealkylation sites (tertiary alicyclic amines) is 1. The minimum atomic E-state index is -0.457. The zero-order valence-electron chi connectivity index (χ0n) is 9.20. The van der Waals surface area contributed by atoms with Gasteiger partial charge in [-0.3, -0.25) is 4.79 Å². The van der Waals surface area contributed by atoms with Crippen LogP contribution in [0, 0.1) is 11.7 Å². The average Bonchev–Trinajstić information content (AvgIpc) is 2.76. The van der Waals surface area contributed by atoms with E-state index in [0.29, 0.717) is 18.7 Å². The molecular formula is C12H13ClFNO2. The van der Waals surface area contributed by atoms with Crippen LogP contribution < -0.4 is 0 Å². The molecule has 0 aromatic heterocycles. The summed E-state index contributed by atoms with van der Waals surface area (Å²) in [4.78, 5) is 13.7. The molecule has 0 saturated carbocycles. The molecule has 0 spiro atoms. The van der Waals surface area contributed by atoms with Crippen LogP contribution in [0.25, 0.3) is 0 Å². The molecule has 1 heterocycles. The summed E-state index contributed by atoms with van der Waals surface area (Å²) in [5.41, 5.74) is 0.312. The van der Waals surface area contributed by atoms with Crippen molar-refractivity contribution in [2.45, 2.75) is 6.42 Å². The number of halogens is 2. The first-order valence-corrected chi connectivity index (χ1v) is 5.85. The molecule has 1 aromatic rings. The summed E-state index contributed by atoms with van der Waals surface area (Å²) in [5.74, 6) is -0.523. The normalized spacial score (nSPS) is 19.7. The maximum atomic E-state index is 12.9. The number of hydrogen-bond acceptors (Lipinski definition) is 2. The van der Waals surface area contributed by atoms with Gasteiger partial charge in [-0.15, -0.1) is 0 Å². The second-order valence-electron chi connectivity index (χ2n) is 4.21. The van der Waals surface area contributed by atoms with E-state index in [1.165, 1.54) is 12.1 Å². The Morgan fingerprint density at radius 1 is 1.59 bits per heavy atom. The highest BCUT2D eigenvalue weighted by molar-refractivity contribution is 6.33. The van der Waals surface area contributed by atoms with Crippen molar-refractivity contribution in [3.8, 4) is 0 Å². The maximum Gasteiger partial charge on any atom is 0.255 e. The molecule has 0 radical (unpaired) electrons. The Hall–Kier alpha value is -1.13. The number of aliphatic hydroxyl groups is 1. The lowest BCUT2D eigenvalue weighted by Crippen LogP contribution is -2.29. The predicted molar refractivity (Wildman–Crippen MR) is 62.5 cm³/mol. The Morgan fingerprint density at radius 3 is 2.94 bits per heavy atom. The van der Waals surface area contributed by atoms with Gasteiger partial charge >= 0.3 is 0 Å². The molecule has 1 atom stereocenters. The molecule has 1 aliphatic heterocycles. The van der Waals surface area contributed by atoms with E-state index in [1.54, 1.807) is 4.90 Å². The second kappa shape index (κ2) is 5.02. The monoisotopic (exact) mass is 257 g/mol. The largest absolute Gasteiger partial charge is 0.396 e. The Morgan fingerprint density at radius 2 is 2.35 bits per heavy atom. The van der Waals surface area contributed by atoms with Crippen LogP contribution in [0.5, 0.6) is 0 Å². The third-order valence-corrected chi connectivity index (χ3v) is 3.31. The Kier molecular flexibility index (Phi) is 3.64. The summed E-state index contributed by atoms with van der Waals surface area (Å²) in [6.45, 7) is 1.22. The molecule has 1 saturated heterocycles. The van der Waals surface area contributed by atoms with Crippen LogP contribution in [0.15, 0.2) is 18.2 Å². The summed E-state index contributed by atoms with van der Waals surface area (Å²) in [6.07, 6.45) is 0.793. The molecule has 0 aliphatic carbocycles. The van der Waals surface area contributed by atoms with Crippen molar-refractivity contribution in [2.75, 3.05) is 19.7 Å². The smallest absolute Gasteiger partial charge is 0.255 e. The molecule has 0 bridgehead atoms. The van der Waals surface area contributed by atoms with Crippen molar-refractivity contribution in [3.05, 3.63) is 34.6 Å². The van der Waals surface area contributed by atoms with Crippen LogP contribution in [0.2, 0.25) is 5.02 Å². The van der Waals surface area contributed by atoms with E-state index in [0.717, 1.165) is 12.5 Å². The first-order chi connectivity index (χ1) is 8.11. The van der Waals surface area contributed by atoms with Crippen LogP contribution in [-0.2, 0) is 0 Å². The average molecular weight is 258 g/mol. The minimum absolute atomic E-state index is 0.0843. The Balaban J connectivity index is 2.15. The van der Waals surface area contributed by atoms with E-state index in [1.807, 2.05) is 0 Å². The van der Waals surface area contributed by atoms with Crippen molar-refractivity contribution in [2.24, 2.45) is 5.92 Å². The minimum Gasteiger partial charge on any atom is -0.396 e. The van der Waals surface area contributed by atoms with Crippen LogP contribution in [-0.4, -0.2) is 35.6 Å². The fourth-order valence-electron chi connectivity index (χ4n) is 2.00. The predicted octanol–water partition coefficient (Wildman–Crippen LogP) is 1.93. The number of benzene rings is 1. The summed E-state index contributed by atoms with van der Waals surface area (Å²) >= 11 is 5.84. The number of amides is 1. The zero-order valence-corrected chi connectivity index (χ0v) is 9.95. The molecule has 17 heavy (non-hydrogen) atoms. The molecule has 2 rings (SSSR count). The van der Waals surface area contributed by atoms with Gasteiger partial charge in [0.05, 0.1) is 10.6 Å². The van der Waals surface area contributed by atoms with Gasteiger partial charge in [-0.2, -0.15) is 0 Å². The van der Waals surface area contributed by atoms with Crippen molar-refractivity contribution >= 4 is 17.5 Å². The topological polar surface area (TPSA) is 40.5 Å². The van der Waals surface area contributed by atoms with Gasteiger partial charge < -0.3 is 10.0 Å². The van der Waals surface area contributed by atoms with Crippen LogP contribution in [0.1, 0.15) is 16.8 Å². The summed E-state index contributed by atoms with van der Waals surface area (Å²) in [6, 6.07) is 3.75. The van der Waals surface area contributed by atoms with E-state index in [-0.39, 0.29) is 23.5 Å². The lowest BCUT2D eigenvalue weighted by atomic mass is 10.1. The molecule has 1 aliphatic rings. The van der Waals surface area contributed by atoms with Gasteiger partial charge in [-0.05, 0) is 24.6 Å². The molecular weight excluding hydrogens is 245 g/mol. The molecule has 1 N–H and O–H groups in total. The lowest BCUT2D eigenvalue weighted by Gasteiger charge is -2.16. The van der Waals surface area contributed by atoms with E-state index in [4.69, 9.17) is 16.7 Å². The number of aliphatic hydroxyl groups excluding tert-OH is 1. The molecule has 1 aromatic carbocycles. The number of hydrogen-bond donors (Lipinski definition) is 1. The van der Waals surface area contributed by atoms with E-state index in [2.05, 4.69) is 0 Å². The van der Waals surface area contributed by atoms with Gasteiger partial charge in [-0.1, -0.05) is 11.6 Å². The van der Waals surface area contributed by atoms with Gasteiger partial charge in [0.2, 0.25) is 0 Å². The number of nitrogens with zero attached hydrogens (tertiary/aromatic N) is 1. The van der Waals surface area contributed by atoms with Gasteiger partial charge in [0.1, 0.15) is 5.82 Å². The van der Waals surface area contributed by atoms with E-state index >= 15 is 0 Å². The van der Waals surface area contributed by atoms with Crippen LogP contribution >= 0.6 is 11.6 Å². The molecule has 92 valence electrons. The maximum absolute atomic E-state index is 12.9. The first kappa shape index (κ1) is 12.3. The highest BCUT2D eigenvalue weighted by Gasteiger charge is 2.27. The van der Waals surface area contributed by atoms with Crippen molar-refractivity contribution in [1.29, 1.82) is 0 Å². The standard InChI is InChI=1S/C12H13ClFNO2/c13-11-5-9(14)1-2-10(11)12(17)15-4-3-8(6-15)7-16/h1-2,5,8,16H,3-4,6-7H2/t8-/m0/s1. The van der Waals surface area contributed by atoms with E-state index in [9.17, 15) is 9.18 Å². The van der Waals surface area contributed by atoms with Crippen LogP contribution in [0.4, 0.5) is 4.39 Å². The van der Waals surface area contributed by atoms with Crippen molar-refractivity contribution < 1.29 is 14.3 Å². The van der Waals surface area contributed by atoms with Gasteiger partial charge in [0.15, 0.2) is 0 Å². The van der Waals surface area contributed by atoms with E-state index < -0.39 is 5.82 Å². The molecule has 0 unspecified atom stereocenters. The van der Waals surface area contributed by atoms with Gasteiger partial charge in [0.25, 0.3) is 5.91 Å². The first-order valence-electron chi connectivity index (χ1n) is 5.47.